The number of unbranched alkanes of at least 4 members (excludes halogenated alkanes) is 1. The second kappa shape index (κ2) is 6.71. The molecule has 4 nitrogen and oxygen atoms in total. The zero-order valence-electron chi connectivity index (χ0n) is 8.82. The Morgan fingerprint density at radius 1 is 1.54 bits per heavy atom. The van der Waals surface area contributed by atoms with Crippen LogP contribution in [0.4, 0.5) is 0 Å². The topological polar surface area (TPSA) is 61.8 Å². The summed E-state index contributed by atoms with van der Waals surface area (Å²) in [6.07, 6.45) is 2.32. The van der Waals surface area contributed by atoms with E-state index in [-0.39, 0.29) is 11.9 Å². The van der Waals surface area contributed by atoms with Crippen LogP contribution in [-0.2, 0) is 0 Å². The predicted octanol–water partition coefficient (Wildman–Crippen LogP) is 1.24. The van der Waals surface area contributed by atoms with Gasteiger partial charge in [-0.05, 0) is 26.4 Å². The Bertz CT molecular complexity index is 159. The molecule has 0 aromatic heterocycles. The number of hydrogen-bond acceptors (Lipinski definition) is 3. The fourth-order valence-corrected chi connectivity index (χ4v) is 1.26. The standard InChI is InChI=1S/C9H21N3O/c1-4-6-7-12(5-2)8(3)9(10)11-13/h8,13H,4-7H2,1-3H3,(H2,10,11). The number of likely N-dealkylation sites (N-methyl/N-ethyl adjacent to an activating group) is 1. The van der Waals surface area contributed by atoms with Crippen LogP contribution in [0.2, 0.25) is 0 Å². The molecule has 0 bridgehead atoms. The van der Waals surface area contributed by atoms with Crippen LogP contribution in [0.25, 0.3) is 0 Å². The predicted molar refractivity (Wildman–Crippen MR) is 55.0 cm³/mol. The van der Waals surface area contributed by atoms with E-state index >= 15 is 0 Å². The molecule has 1 atom stereocenters. The molecular weight excluding hydrogens is 166 g/mol. The third kappa shape index (κ3) is 4.12. The summed E-state index contributed by atoms with van der Waals surface area (Å²) in [5.41, 5.74) is 5.52. The van der Waals surface area contributed by atoms with Gasteiger partial charge in [-0.2, -0.15) is 0 Å². The summed E-state index contributed by atoms with van der Waals surface area (Å²) in [7, 11) is 0. The maximum absolute atomic E-state index is 8.51. The molecule has 0 radical (unpaired) electrons. The molecule has 0 fully saturated rings. The highest BCUT2D eigenvalue weighted by atomic mass is 16.4. The summed E-state index contributed by atoms with van der Waals surface area (Å²) < 4.78 is 0. The quantitative estimate of drug-likeness (QED) is 0.285. The van der Waals surface area contributed by atoms with Gasteiger partial charge in [-0.3, -0.25) is 4.90 Å². The van der Waals surface area contributed by atoms with Crippen LogP contribution in [0, 0.1) is 0 Å². The zero-order valence-corrected chi connectivity index (χ0v) is 8.82. The van der Waals surface area contributed by atoms with Crippen LogP contribution in [0.5, 0.6) is 0 Å². The molecule has 0 rings (SSSR count). The van der Waals surface area contributed by atoms with Gasteiger partial charge >= 0.3 is 0 Å². The molecule has 0 aliphatic carbocycles. The van der Waals surface area contributed by atoms with E-state index in [1.54, 1.807) is 0 Å². The van der Waals surface area contributed by atoms with E-state index in [4.69, 9.17) is 10.9 Å². The third-order valence-corrected chi connectivity index (χ3v) is 2.30. The highest BCUT2D eigenvalue weighted by Gasteiger charge is 2.14. The van der Waals surface area contributed by atoms with E-state index in [2.05, 4.69) is 23.9 Å². The van der Waals surface area contributed by atoms with Crippen LogP contribution < -0.4 is 5.73 Å². The van der Waals surface area contributed by atoms with Gasteiger partial charge in [0, 0.05) is 0 Å². The van der Waals surface area contributed by atoms with Crippen molar-refractivity contribution in [2.24, 2.45) is 10.9 Å². The second-order valence-electron chi connectivity index (χ2n) is 3.18. The highest BCUT2D eigenvalue weighted by molar-refractivity contribution is 5.84. The lowest BCUT2D eigenvalue weighted by Gasteiger charge is -2.26. The molecule has 0 amide bonds. The summed E-state index contributed by atoms with van der Waals surface area (Å²) in [5.74, 6) is 0.290. The lowest BCUT2D eigenvalue weighted by Crippen LogP contribution is -2.43. The van der Waals surface area contributed by atoms with Crippen molar-refractivity contribution in [2.45, 2.75) is 39.7 Å². The number of nitrogens with two attached hydrogens (primary N) is 1. The molecule has 3 N–H and O–H groups in total. The van der Waals surface area contributed by atoms with Crippen molar-refractivity contribution < 1.29 is 5.21 Å². The van der Waals surface area contributed by atoms with Crippen molar-refractivity contribution in [1.82, 2.24) is 4.90 Å². The lowest BCUT2D eigenvalue weighted by atomic mass is 10.2. The summed E-state index contributed by atoms with van der Waals surface area (Å²) in [5, 5.41) is 11.5. The van der Waals surface area contributed by atoms with Crippen LogP contribution in [0.3, 0.4) is 0 Å². The van der Waals surface area contributed by atoms with Gasteiger partial charge < -0.3 is 10.9 Å². The van der Waals surface area contributed by atoms with Crippen LogP contribution >= 0.6 is 0 Å². The molecule has 0 saturated carbocycles. The van der Waals surface area contributed by atoms with E-state index in [0.717, 1.165) is 19.5 Å². The number of rotatable bonds is 6. The number of hydrogen-bond donors (Lipinski definition) is 2. The molecule has 4 heteroatoms. The van der Waals surface area contributed by atoms with Crippen LogP contribution in [0.15, 0.2) is 5.16 Å². The molecule has 13 heavy (non-hydrogen) atoms. The van der Waals surface area contributed by atoms with E-state index in [1.165, 1.54) is 6.42 Å². The van der Waals surface area contributed by atoms with Crippen LogP contribution in [-0.4, -0.2) is 35.1 Å². The molecule has 0 aromatic carbocycles. The fourth-order valence-electron chi connectivity index (χ4n) is 1.26. The summed E-state index contributed by atoms with van der Waals surface area (Å²) in [6.45, 7) is 8.12. The first-order valence-electron chi connectivity index (χ1n) is 4.88. The highest BCUT2D eigenvalue weighted by Crippen LogP contribution is 2.01. The van der Waals surface area contributed by atoms with Gasteiger partial charge in [-0.15, -0.1) is 0 Å². The van der Waals surface area contributed by atoms with Gasteiger partial charge in [-0.25, -0.2) is 0 Å². The molecule has 0 saturated heterocycles. The second-order valence-corrected chi connectivity index (χ2v) is 3.18. The smallest absolute Gasteiger partial charge is 0.156 e. The summed E-state index contributed by atoms with van der Waals surface area (Å²) in [6, 6.07) is 0.0292. The minimum atomic E-state index is 0.0292. The first-order valence-corrected chi connectivity index (χ1v) is 4.88. The zero-order chi connectivity index (χ0) is 10.3. The minimum Gasteiger partial charge on any atom is -0.409 e. The molecule has 0 heterocycles. The third-order valence-electron chi connectivity index (χ3n) is 2.30. The molecule has 78 valence electrons. The van der Waals surface area contributed by atoms with E-state index < -0.39 is 0 Å². The van der Waals surface area contributed by atoms with Gasteiger partial charge in [0.15, 0.2) is 5.84 Å². The average molecular weight is 187 g/mol. The van der Waals surface area contributed by atoms with Gasteiger partial charge in [0.1, 0.15) is 0 Å². The van der Waals surface area contributed by atoms with E-state index in [1.807, 2.05) is 6.92 Å². The van der Waals surface area contributed by atoms with Crippen molar-refractivity contribution >= 4 is 5.84 Å². The van der Waals surface area contributed by atoms with Gasteiger partial charge in [0.2, 0.25) is 0 Å². The number of nitrogens with zero attached hydrogens (tertiary/aromatic N) is 2. The molecule has 0 aliphatic heterocycles. The van der Waals surface area contributed by atoms with Crippen molar-refractivity contribution in [3.8, 4) is 0 Å². The SMILES string of the molecule is CCCCN(CC)C(C)C(N)=NO. The largest absolute Gasteiger partial charge is 0.409 e. The van der Waals surface area contributed by atoms with Crippen molar-refractivity contribution in [3.05, 3.63) is 0 Å². The lowest BCUT2D eigenvalue weighted by molar-refractivity contribution is 0.250. The Morgan fingerprint density at radius 2 is 2.15 bits per heavy atom. The average Bonchev–Trinajstić information content (AvgIpc) is 2.17. The Hall–Kier alpha value is -0.770. The van der Waals surface area contributed by atoms with Gasteiger partial charge in [0.25, 0.3) is 0 Å². The first-order chi connectivity index (χ1) is 6.17. The first kappa shape index (κ1) is 12.2. The monoisotopic (exact) mass is 187 g/mol. The Labute approximate surface area is 80.4 Å². The summed E-state index contributed by atoms with van der Waals surface area (Å²) in [4.78, 5) is 2.19. The fraction of sp³-hybridized carbons (Fsp3) is 0.889. The molecule has 0 aliphatic rings. The minimum absolute atomic E-state index is 0.0292. The molecule has 0 spiro atoms. The van der Waals surface area contributed by atoms with Crippen molar-refractivity contribution in [1.29, 1.82) is 0 Å². The van der Waals surface area contributed by atoms with Crippen molar-refractivity contribution in [3.63, 3.8) is 0 Å². The Morgan fingerprint density at radius 3 is 2.54 bits per heavy atom. The molecular formula is C9H21N3O. The maximum Gasteiger partial charge on any atom is 0.156 e. The number of amidine groups is 1. The Balaban J connectivity index is 4.06. The Kier molecular flexibility index (Phi) is 6.32. The van der Waals surface area contributed by atoms with Gasteiger partial charge in [-0.1, -0.05) is 25.4 Å². The van der Waals surface area contributed by atoms with Crippen LogP contribution in [0.1, 0.15) is 33.6 Å². The molecule has 1 unspecified atom stereocenters. The molecule has 0 aromatic rings. The van der Waals surface area contributed by atoms with Gasteiger partial charge in [0.05, 0.1) is 6.04 Å². The summed E-state index contributed by atoms with van der Waals surface area (Å²) >= 11 is 0. The number of oxime groups is 1. The van der Waals surface area contributed by atoms with E-state index in [0.29, 0.717) is 0 Å². The maximum atomic E-state index is 8.51. The van der Waals surface area contributed by atoms with E-state index in [9.17, 15) is 0 Å². The van der Waals surface area contributed by atoms with Crippen molar-refractivity contribution in [2.75, 3.05) is 13.1 Å². The normalized spacial score (nSPS) is 14.9.